The number of carbonyl (C=O) groups excluding carboxylic acids is 1. The fourth-order valence-corrected chi connectivity index (χ4v) is 1.62. The summed E-state index contributed by atoms with van der Waals surface area (Å²) in [5.74, 6) is 0.0837. The van der Waals surface area contributed by atoms with Gasteiger partial charge in [-0.3, -0.25) is 4.79 Å². The van der Waals surface area contributed by atoms with Gasteiger partial charge in [-0.05, 0) is 12.8 Å². The molecule has 1 amide bonds. The maximum atomic E-state index is 11.4. The molecule has 0 aromatic rings. The number of ether oxygens (including phenoxy) is 2. The second kappa shape index (κ2) is 8.50. The number of carbonyl (C=O) groups is 1. The Balaban J connectivity index is 1.90. The monoisotopic (exact) mass is 230 g/mol. The van der Waals surface area contributed by atoms with Crippen LogP contribution in [-0.2, 0) is 14.3 Å². The quantitative estimate of drug-likeness (QED) is 0.572. The van der Waals surface area contributed by atoms with Crippen LogP contribution in [0.15, 0.2) is 0 Å². The normalized spacial score (nSPS) is 19.9. The van der Waals surface area contributed by atoms with Gasteiger partial charge in [0.25, 0.3) is 0 Å². The summed E-state index contributed by atoms with van der Waals surface area (Å²) in [5.41, 5.74) is 0. The molecule has 1 unspecified atom stereocenters. The van der Waals surface area contributed by atoms with Crippen LogP contribution >= 0.6 is 0 Å². The minimum absolute atomic E-state index is 0.0837. The minimum atomic E-state index is 0.0837. The van der Waals surface area contributed by atoms with Gasteiger partial charge in [-0.1, -0.05) is 0 Å². The third-order valence-corrected chi connectivity index (χ3v) is 2.56. The molecule has 5 nitrogen and oxygen atoms in total. The molecule has 1 heterocycles. The first-order chi connectivity index (χ1) is 7.83. The van der Waals surface area contributed by atoms with Gasteiger partial charge in [0.2, 0.25) is 5.91 Å². The predicted molar refractivity (Wildman–Crippen MR) is 61.3 cm³/mol. The lowest BCUT2D eigenvalue weighted by atomic mass is 10.2. The van der Waals surface area contributed by atoms with E-state index in [0.717, 1.165) is 26.0 Å². The summed E-state index contributed by atoms with van der Waals surface area (Å²) in [6.07, 6.45) is 2.91. The van der Waals surface area contributed by atoms with E-state index in [2.05, 4.69) is 10.6 Å². The van der Waals surface area contributed by atoms with Crippen LogP contribution in [0.3, 0.4) is 0 Å². The molecule has 1 aliphatic rings. The molecule has 94 valence electrons. The Bertz CT molecular complexity index is 194. The Hall–Kier alpha value is -0.650. The fraction of sp³-hybridized carbons (Fsp3) is 0.909. The van der Waals surface area contributed by atoms with Gasteiger partial charge in [0, 0.05) is 39.8 Å². The summed E-state index contributed by atoms with van der Waals surface area (Å²) in [6, 6.07) is 0. The van der Waals surface area contributed by atoms with Crippen LogP contribution in [0.25, 0.3) is 0 Å². The number of hydrogen-bond donors (Lipinski definition) is 2. The Morgan fingerprint density at radius 3 is 3.06 bits per heavy atom. The van der Waals surface area contributed by atoms with Crippen molar-refractivity contribution >= 4 is 5.91 Å². The molecule has 0 spiro atoms. The first kappa shape index (κ1) is 13.4. The van der Waals surface area contributed by atoms with E-state index >= 15 is 0 Å². The number of amides is 1. The zero-order valence-corrected chi connectivity index (χ0v) is 9.96. The fourth-order valence-electron chi connectivity index (χ4n) is 1.62. The molecular weight excluding hydrogens is 208 g/mol. The van der Waals surface area contributed by atoms with Crippen LogP contribution in [0.2, 0.25) is 0 Å². The van der Waals surface area contributed by atoms with Crippen molar-refractivity contribution in [2.75, 3.05) is 40.0 Å². The Labute approximate surface area is 96.9 Å². The lowest BCUT2D eigenvalue weighted by molar-refractivity contribution is -0.121. The van der Waals surface area contributed by atoms with Crippen LogP contribution in [0.4, 0.5) is 0 Å². The molecule has 0 radical (unpaired) electrons. The summed E-state index contributed by atoms with van der Waals surface area (Å²) in [4.78, 5) is 11.4. The molecule has 0 bridgehead atoms. The summed E-state index contributed by atoms with van der Waals surface area (Å²) >= 11 is 0. The number of methoxy groups -OCH3 is 1. The van der Waals surface area contributed by atoms with Crippen molar-refractivity contribution in [3.05, 3.63) is 0 Å². The van der Waals surface area contributed by atoms with E-state index < -0.39 is 0 Å². The molecule has 0 saturated carbocycles. The molecule has 1 rings (SSSR count). The second-order valence-corrected chi connectivity index (χ2v) is 3.93. The lowest BCUT2D eigenvalue weighted by Gasteiger charge is -2.10. The molecule has 1 atom stereocenters. The van der Waals surface area contributed by atoms with Crippen molar-refractivity contribution < 1.29 is 14.3 Å². The molecule has 1 saturated heterocycles. The van der Waals surface area contributed by atoms with Gasteiger partial charge in [-0.25, -0.2) is 0 Å². The summed E-state index contributed by atoms with van der Waals surface area (Å²) in [6.45, 7) is 3.64. The highest BCUT2D eigenvalue weighted by Crippen LogP contribution is 2.10. The third kappa shape index (κ3) is 6.05. The van der Waals surface area contributed by atoms with Crippen molar-refractivity contribution in [2.24, 2.45) is 0 Å². The molecular formula is C11H22N2O3. The van der Waals surface area contributed by atoms with Gasteiger partial charge < -0.3 is 20.1 Å². The maximum Gasteiger partial charge on any atom is 0.221 e. The highest BCUT2D eigenvalue weighted by Gasteiger charge is 2.15. The lowest BCUT2D eigenvalue weighted by Crippen LogP contribution is -2.34. The van der Waals surface area contributed by atoms with Gasteiger partial charge in [0.1, 0.15) is 0 Å². The third-order valence-electron chi connectivity index (χ3n) is 2.56. The van der Waals surface area contributed by atoms with Gasteiger partial charge >= 0.3 is 0 Å². The SMILES string of the molecule is COCCNCCC(=O)NCC1CCCO1. The van der Waals surface area contributed by atoms with E-state index in [4.69, 9.17) is 9.47 Å². The number of rotatable bonds is 8. The molecule has 1 fully saturated rings. The van der Waals surface area contributed by atoms with Crippen LogP contribution in [0, 0.1) is 0 Å². The van der Waals surface area contributed by atoms with Crippen LogP contribution in [0.5, 0.6) is 0 Å². The van der Waals surface area contributed by atoms with E-state index in [-0.39, 0.29) is 12.0 Å². The van der Waals surface area contributed by atoms with Crippen molar-refractivity contribution in [2.45, 2.75) is 25.4 Å². The summed E-state index contributed by atoms with van der Waals surface area (Å²) in [7, 11) is 1.66. The summed E-state index contributed by atoms with van der Waals surface area (Å²) in [5, 5.41) is 6.01. The maximum absolute atomic E-state index is 11.4. The minimum Gasteiger partial charge on any atom is -0.383 e. The van der Waals surface area contributed by atoms with Crippen molar-refractivity contribution in [3.63, 3.8) is 0 Å². The molecule has 0 aromatic carbocycles. The predicted octanol–water partition coefficient (Wildman–Crippen LogP) is -0.0923. The average molecular weight is 230 g/mol. The van der Waals surface area contributed by atoms with Gasteiger partial charge in [-0.2, -0.15) is 0 Å². The van der Waals surface area contributed by atoms with Crippen molar-refractivity contribution in [1.82, 2.24) is 10.6 Å². The number of hydrogen-bond acceptors (Lipinski definition) is 4. The van der Waals surface area contributed by atoms with Crippen molar-refractivity contribution in [1.29, 1.82) is 0 Å². The van der Waals surface area contributed by atoms with Crippen LogP contribution in [-0.4, -0.2) is 52.0 Å². The largest absolute Gasteiger partial charge is 0.383 e. The van der Waals surface area contributed by atoms with Gasteiger partial charge in [0.05, 0.1) is 12.7 Å². The highest BCUT2D eigenvalue weighted by atomic mass is 16.5. The molecule has 2 N–H and O–H groups in total. The van der Waals surface area contributed by atoms with E-state index in [1.165, 1.54) is 0 Å². The Morgan fingerprint density at radius 1 is 1.50 bits per heavy atom. The number of nitrogens with one attached hydrogen (secondary N) is 2. The van der Waals surface area contributed by atoms with Gasteiger partial charge in [-0.15, -0.1) is 0 Å². The van der Waals surface area contributed by atoms with E-state index in [1.54, 1.807) is 7.11 Å². The average Bonchev–Trinajstić information content (AvgIpc) is 2.79. The van der Waals surface area contributed by atoms with Crippen LogP contribution < -0.4 is 10.6 Å². The molecule has 0 aromatic heterocycles. The molecule has 0 aliphatic carbocycles. The molecule has 5 heteroatoms. The van der Waals surface area contributed by atoms with Crippen LogP contribution in [0.1, 0.15) is 19.3 Å². The zero-order valence-electron chi connectivity index (χ0n) is 9.96. The molecule has 1 aliphatic heterocycles. The second-order valence-electron chi connectivity index (χ2n) is 3.93. The van der Waals surface area contributed by atoms with E-state index in [0.29, 0.717) is 26.1 Å². The first-order valence-electron chi connectivity index (χ1n) is 5.91. The van der Waals surface area contributed by atoms with E-state index in [9.17, 15) is 4.79 Å². The Kier molecular flexibility index (Phi) is 7.12. The molecule has 16 heavy (non-hydrogen) atoms. The first-order valence-corrected chi connectivity index (χ1v) is 5.91. The topological polar surface area (TPSA) is 59.6 Å². The zero-order chi connectivity index (χ0) is 11.6. The Morgan fingerprint density at radius 2 is 2.38 bits per heavy atom. The van der Waals surface area contributed by atoms with Crippen molar-refractivity contribution in [3.8, 4) is 0 Å². The van der Waals surface area contributed by atoms with E-state index in [1.807, 2.05) is 0 Å². The standard InChI is InChI=1S/C11H22N2O3/c1-15-8-6-12-5-4-11(14)13-9-10-3-2-7-16-10/h10,12H,2-9H2,1H3,(H,13,14). The smallest absolute Gasteiger partial charge is 0.221 e. The summed E-state index contributed by atoms with van der Waals surface area (Å²) < 4.78 is 10.3. The van der Waals surface area contributed by atoms with Gasteiger partial charge in [0.15, 0.2) is 0 Å². The highest BCUT2D eigenvalue weighted by molar-refractivity contribution is 5.76.